The van der Waals surface area contributed by atoms with Crippen LogP contribution < -0.4 is 10.1 Å². The lowest BCUT2D eigenvalue weighted by molar-refractivity contribution is 0.0954. The molecule has 0 unspecified atom stereocenters. The molecule has 33 heavy (non-hydrogen) atoms. The topological polar surface area (TPSA) is 72.3 Å². The number of hydrogen-bond donors (Lipinski definition) is 1. The van der Waals surface area contributed by atoms with Gasteiger partial charge in [0.05, 0.1) is 7.11 Å². The van der Waals surface area contributed by atoms with E-state index in [2.05, 4.69) is 63.1 Å². The van der Waals surface area contributed by atoms with Gasteiger partial charge in [0, 0.05) is 51.1 Å². The first kappa shape index (κ1) is 23.0. The average Bonchev–Trinajstić information content (AvgIpc) is 3.11. The van der Waals surface area contributed by atoms with Crippen LogP contribution in [0.4, 0.5) is 0 Å². The molecule has 0 fully saturated rings. The van der Waals surface area contributed by atoms with Gasteiger partial charge in [-0.2, -0.15) is 0 Å². The Labute approximate surface area is 195 Å². The standard InChI is InChI=1S/C26H33N5O2/c1-19(2)21-6-4-20(5-7-21)18-30-15-13-25-29-28-24(31(25)17-16-30)12-14-27-26(32)22-8-10-23(33-3)11-9-22/h4-11,19H,12-18H2,1-3H3,(H,27,32). The Morgan fingerprint density at radius 1 is 1.03 bits per heavy atom. The van der Waals surface area contributed by atoms with Gasteiger partial charge >= 0.3 is 0 Å². The zero-order valence-corrected chi connectivity index (χ0v) is 19.8. The first-order valence-electron chi connectivity index (χ1n) is 11.7. The van der Waals surface area contributed by atoms with Crippen molar-refractivity contribution < 1.29 is 9.53 Å². The Hall–Kier alpha value is -3.19. The molecule has 7 heteroatoms. The molecule has 4 rings (SSSR count). The number of methoxy groups -OCH3 is 1. The second kappa shape index (κ2) is 10.6. The lowest BCUT2D eigenvalue weighted by atomic mass is 10.0. The third-order valence-electron chi connectivity index (χ3n) is 6.23. The van der Waals surface area contributed by atoms with E-state index in [0.29, 0.717) is 24.4 Å². The number of rotatable bonds is 8. The Balaban J connectivity index is 1.29. The van der Waals surface area contributed by atoms with Crippen LogP contribution in [-0.4, -0.2) is 52.3 Å². The van der Waals surface area contributed by atoms with E-state index in [4.69, 9.17) is 4.74 Å². The second-order valence-electron chi connectivity index (χ2n) is 8.84. The number of nitrogens with zero attached hydrogens (tertiary/aromatic N) is 4. The summed E-state index contributed by atoms with van der Waals surface area (Å²) in [6, 6.07) is 16.1. The van der Waals surface area contributed by atoms with E-state index in [0.717, 1.165) is 50.0 Å². The molecular weight excluding hydrogens is 414 g/mol. The number of aromatic nitrogens is 3. The van der Waals surface area contributed by atoms with Gasteiger partial charge < -0.3 is 14.6 Å². The molecule has 2 aromatic carbocycles. The summed E-state index contributed by atoms with van der Waals surface area (Å²) in [6.07, 6.45) is 1.54. The first-order chi connectivity index (χ1) is 16.0. The third kappa shape index (κ3) is 5.79. The number of carbonyl (C=O) groups excluding carboxylic acids is 1. The van der Waals surface area contributed by atoms with Crippen molar-refractivity contribution in [1.82, 2.24) is 25.0 Å². The minimum atomic E-state index is -0.0945. The summed E-state index contributed by atoms with van der Waals surface area (Å²) in [5, 5.41) is 11.8. The summed E-state index contributed by atoms with van der Waals surface area (Å²) in [5.41, 5.74) is 3.34. The van der Waals surface area contributed by atoms with Gasteiger partial charge in [0.1, 0.15) is 17.4 Å². The molecule has 3 aromatic rings. The summed E-state index contributed by atoms with van der Waals surface area (Å²) < 4.78 is 7.37. The molecule has 7 nitrogen and oxygen atoms in total. The van der Waals surface area contributed by atoms with Crippen LogP contribution >= 0.6 is 0 Å². The van der Waals surface area contributed by atoms with E-state index in [1.165, 1.54) is 11.1 Å². The predicted octanol–water partition coefficient (Wildman–Crippen LogP) is 3.44. The van der Waals surface area contributed by atoms with Gasteiger partial charge in [-0.1, -0.05) is 38.1 Å². The van der Waals surface area contributed by atoms with Crippen molar-refractivity contribution in [3.8, 4) is 5.75 Å². The zero-order chi connectivity index (χ0) is 23.2. The maximum atomic E-state index is 12.4. The molecule has 1 aromatic heterocycles. The summed E-state index contributed by atoms with van der Waals surface area (Å²) in [5.74, 6) is 3.16. The first-order valence-corrected chi connectivity index (χ1v) is 11.7. The van der Waals surface area contributed by atoms with E-state index in [9.17, 15) is 4.79 Å². The maximum Gasteiger partial charge on any atom is 0.251 e. The van der Waals surface area contributed by atoms with Crippen molar-refractivity contribution >= 4 is 5.91 Å². The lowest BCUT2D eigenvalue weighted by Gasteiger charge is -2.20. The summed E-state index contributed by atoms with van der Waals surface area (Å²) >= 11 is 0. The second-order valence-corrected chi connectivity index (χ2v) is 8.84. The molecular formula is C26H33N5O2. The number of amides is 1. The van der Waals surface area contributed by atoms with E-state index in [1.54, 1.807) is 31.4 Å². The van der Waals surface area contributed by atoms with Gasteiger partial charge in [-0.3, -0.25) is 9.69 Å². The van der Waals surface area contributed by atoms with Gasteiger partial charge in [0.2, 0.25) is 0 Å². The summed E-state index contributed by atoms with van der Waals surface area (Å²) in [6.45, 7) is 8.72. The van der Waals surface area contributed by atoms with Crippen LogP contribution in [0.1, 0.15) is 52.9 Å². The van der Waals surface area contributed by atoms with Crippen LogP contribution in [-0.2, 0) is 25.9 Å². The van der Waals surface area contributed by atoms with Crippen molar-refractivity contribution in [3.63, 3.8) is 0 Å². The zero-order valence-electron chi connectivity index (χ0n) is 19.8. The number of hydrogen-bond acceptors (Lipinski definition) is 5. The third-order valence-corrected chi connectivity index (χ3v) is 6.23. The summed E-state index contributed by atoms with van der Waals surface area (Å²) in [7, 11) is 1.61. The minimum absolute atomic E-state index is 0.0945. The van der Waals surface area contributed by atoms with E-state index in [-0.39, 0.29) is 5.91 Å². The monoisotopic (exact) mass is 447 g/mol. The Morgan fingerprint density at radius 2 is 1.79 bits per heavy atom. The van der Waals surface area contributed by atoms with Gasteiger partial charge in [-0.15, -0.1) is 10.2 Å². The molecule has 2 heterocycles. The molecule has 1 aliphatic rings. The quantitative estimate of drug-likeness (QED) is 0.573. The fraction of sp³-hybridized carbons (Fsp3) is 0.423. The van der Waals surface area contributed by atoms with E-state index >= 15 is 0 Å². The number of carbonyl (C=O) groups is 1. The van der Waals surface area contributed by atoms with Crippen molar-refractivity contribution in [2.75, 3.05) is 26.7 Å². The number of nitrogens with one attached hydrogen (secondary N) is 1. The molecule has 1 N–H and O–H groups in total. The van der Waals surface area contributed by atoms with Crippen LogP contribution in [0.25, 0.3) is 0 Å². The highest BCUT2D eigenvalue weighted by molar-refractivity contribution is 5.94. The van der Waals surface area contributed by atoms with Crippen molar-refractivity contribution in [2.24, 2.45) is 0 Å². The highest BCUT2D eigenvalue weighted by Crippen LogP contribution is 2.17. The molecule has 1 aliphatic heterocycles. The molecule has 0 saturated heterocycles. The predicted molar refractivity (Wildman–Crippen MR) is 129 cm³/mol. The van der Waals surface area contributed by atoms with Crippen LogP contribution in [0.15, 0.2) is 48.5 Å². The number of fused-ring (bicyclic) bond motifs is 1. The Morgan fingerprint density at radius 3 is 2.48 bits per heavy atom. The van der Waals surface area contributed by atoms with Gasteiger partial charge in [0.15, 0.2) is 0 Å². The van der Waals surface area contributed by atoms with Crippen molar-refractivity contribution in [1.29, 1.82) is 0 Å². The van der Waals surface area contributed by atoms with E-state index in [1.807, 2.05) is 0 Å². The number of benzene rings is 2. The molecule has 0 aliphatic carbocycles. The highest BCUT2D eigenvalue weighted by Gasteiger charge is 2.19. The van der Waals surface area contributed by atoms with Crippen LogP contribution in [0.5, 0.6) is 5.75 Å². The number of ether oxygens (including phenoxy) is 1. The fourth-order valence-corrected chi connectivity index (χ4v) is 4.17. The van der Waals surface area contributed by atoms with Crippen molar-refractivity contribution in [3.05, 3.63) is 76.9 Å². The van der Waals surface area contributed by atoms with Gasteiger partial charge in [0.25, 0.3) is 5.91 Å². The molecule has 0 radical (unpaired) electrons. The molecule has 0 spiro atoms. The van der Waals surface area contributed by atoms with Gasteiger partial charge in [-0.25, -0.2) is 0 Å². The normalized spacial score (nSPS) is 14.1. The highest BCUT2D eigenvalue weighted by atomic mass is 16.5. The minimum Gasteiger partial charge on any atom is -0.497 e. The van der Waals surface area contributed by atoms with Crippen LogP contribution in [0.3, 0.4) is 0 Å². The molecule has 0 bridgehead atoms. The lowest BCUT2D eigenvalue weighted by Crippen LogP contribution is -2.28. The largest absolute Gasteiger partial charge is 0.497 e. The SMILES string of the molecule is COc1ccc(C(=O)NCCc2nnc3n2CCN(Cc2ccc(C(C)C)cc2)CC3)cc1. The van der Waals surface area contributed by atoms with Crippen molar-refractivity contribution in [2.45, 2.75) is 45.7 Å². The van der Waals surface area contributed by atoms with E-state index < -0.39 is 0 Å². The Bertz CT molecular complexity index is 1060. The molecule has 0 atom stereocenters. The molecule has 1 amide bonds. The molecule has 174 valence electrons. The van der Waals surface area contributed by atoms with Crippen LogP contribution in [0.2, 0.25) is 0 Å². The smallest absolute Gasteiger partial charge is 0.251 e. The summed E-state index contributed by atoms with van der Waals surface area (Å²) in [4.78, 5) is 14.9. The Kier molecular flexibility index (Phi) is 7.40. The van der Waals surface area contributed by atoms with Gasteiger partial charge in [-0.05, 0) is 41.3 Å². The maximum absolute atomic E-state index is 12.4. The average molecular weight is 448 g/mol. The fourth-order valence-electron chi connectivity index (χ4n) is 4.17. The van der Waals surface area contributed by atoms with Crippen LogP contribution in [0, 0.1) is 0 Å². The molecule has 0 saturated carbocycles.